The second-order valence-electron chi connectivity index (χ2n) is 6.72. The maximum atomic E-state index is 12.6. The smallest absolute Gasteiger partial charge is 0.341 e. The van der Waals surface area contributed by atoms with Crippen molar-refractivity contribution in [3.63, 3.8) is 0 Å². The van der Waals surface area contributed by atoms with Crippen LogP contribution in [0.2, 0.25) is 0 Å². The molecule has 3 rings (SSSR count). The van der Waals surface area contributed by atoms with Gasteiger partial charge in [0, 0.05) is 16.5 Å². The third kappa shape index (κ3) is 5.53. The van der Waals surface area contributed by atoms with E-state index in [0.29, 0.717) is 33.2 Å². The lowest BCUT2D eigenvalue weighted by Gasteiger charge is -2.10. The molecule has 0 unspecified atom stereocenters. The molecule has 2 aromatic carbocycles. The van der Waals surface area contributed by atoms with E-state index in [4.69, 9.17) is 14.2 Å². The van der Waals surface area contributed by atoms with Gasteiger partial charge in [-0.15, -0.1) is 11.3 Å². The first kappa shape index (κ1) is 23.0. The molecule has 1 heterocycles. The number of ketones is 1. The maximum Gasteiger partial charge on any atom is 0.341 e. The van der Waals surface area contributed by atoms with Crippen LogP contribution in [0, 0.1) is 0 Å². The Hall–Kier alpha value is -3.65. The molecule has 0 bridgehead atoms. The number of amides is 1. The Bertz CT molecular complexity index is 1100. The lowest BCUT2D eigenvalue weighted by molar-refractivity contribution is -0.118. The fourth-order valence-electron chi connectivity index (χ4n) is 2.94. The van der Waals surface area contributed by atoms with Crippen molar-refractivity contribution in [1.82, 2.24) is 0 Å². The number of anilines is 1. The van der Waals surface area contributed by atoms with Crippen LogP contribution < -0.4 is 14.8 Å². The van der Waals surface area contributed by atoms with Crippen LogP contribution in [-0.2, 0) is 9.53 Å². The number of hydrogen-bond donors (Lipinski definition) is 1. The molecular weight excluding hydrogens is 430 g/mol. The lowest BCUT2D eigenvalue weighted by atomic mass is 10.0. The van der Waals surface area contributed by atoms with E-state index in [0.717, 1.165) is 5.56 Å². The summed E-state index contributed by atoms with van der Waals surface area (Å²) in [6.07, 6.45) is 0. The van der Waals surface area contributed by atoms with Crippen LogP contribution in [0.4, 0.5) is 5.00 Å². The van der Waals surface area contributed by atoms with Crippen molar-refractivity contribution in [1.29, 1.82) is 0 Å². The Balaban J connectivity index is 1.75. The minimum absolute atomic E-state index is 0.0499. The summed E-state index contributed by atoms with van der Waals surface area (Å²) in [5, 5.41) is 4.92. The molecule has 1 amide bonds. The zero-order valence-corrected chi connectivity index (χ0v) is 18.8. The molecule has 8 heteroatoms. The largest absolute Gasteiger partial charge is 0.497 e. The molecule has 32 heavy (non-hydrogen) atoms. The van der Waals surface area contributed by atoms with Crippen LogP contribution in [0.3, 0.4) is 0 Å². The van der Waals surface area contributed by atoms with Crippen molar-refractivity contribution < 1.29 is 28.6 Å². The quantitative estimate of drug-likeness (QED) is 0.369. The molecule has 0 spiro atoms. The molecular formula is C24H23NO6S. The van der Waals surface area contributed by atoms with Gasteiger partial charge in [-0.3, -0.25) is 9.59 Å². The molecule has 0 atom stereocenters. The van der Waals surface area contributed by atoms with Gasteiger partial charge in [0.1, 0.15) is 22.1 Å². The molecule has 1 aromatic heterocycles. The standard InChI is InChI=1S/C24H23NO6S/c1-4-30-24(28)22-20(17-7-9-18(29-3)10-8-17)14-32-23(22)25-21(27)13-31-19-11-5-16(6-12-19)15(2)26/h5-12,14H,4,13H2,1-3H3,(H,25,27). The molecule has 0 aliphatic heterocycles. The summed E-state index contributed by atoms with van der Waals surface area (Å²) in [6.45, 7) is 3.16. The third-order valence-corrected chi connectivity index (χ3v) is 5.45. The van der Waals surface area contributed by atoms with Gasteiger partial charge in [-0.25, -0.2) is 4.79 Å². The predicted octanol–water partition coefficient (Wildman–Crippen LogP) is 4.82. The van der Waals surface area contributed by atoms with E-state index < -0.39 is 11.9 Å². The van der Waals surface area contributed by atoms with Gasteiger partial charge in [0.05, 0.1) is 13.7 Å². The van der Waals surface area contributed by atoms with Crippen molar-refractivity contribution in [3.8, 4) is 22.6 Å². The van der Waals surface area contributed by atoms with Crippen LogP contribution in [-0.4, -0.2) is 38.0 Å². The first-order valence-corrected chi connectivity index (χ1v) is 10.8. The van der Waals surface area contributed by atoms with Gasteiger partial charge < -0.3 is 19.5 Å². The molecule has 0 radical (unpaired) electrons. The van der Waals surface area contributed by atoms with Crippen molar-refractivity contribution in [3.05, 3.63) is 65.0 Å². The van der Waals surface area contributed by atoms with E-state index in [1.54, 1.807) is 55.8 Å². The van der Waals surface area contributed by atoms with E-state index in [1.165, 1.54) is 18.3 Å². The Morgan fingerprint density at radius 3 is 2.22 bits per heavy atom. The number of Topliss-reactive ketones (excluding diaryl/α,β-unsaturated/α-hetero) is 1. The summed E-state index contributed by atoms with van der Waals surface area (Å²) in [5.74, 6) is 0.167. The lowest BCUT2D eigenvalue weighted by Crippen LogP contribution is -2.21. The van der Waals surface area contributed by atoms with E-state index >= 15 is 0 Å². The zero-order valence-electron chi connectivity index (χ0n) is 18.0. The number of carbonyl (C=O) groups is 3. The minimum atomic E-state index is -0.518. The van der Waals surface area contributed by atoms with Crippen LogP contribution in [0.1, 0.15) is 34.6 Å². The Morgan fingerprint density at radius 1 is 0.969 bits per heavy atom. The number of esters is 1. The SMILES string of the molecule is CCOC(=O)c1c(-c2ccc(OC)cc2)csc1NC(=O)COc1ccc(C(C)=O)cc1. The minimum Gasteiger partial charge on any atom is -0.497 e. The number of benzene rings is 2. The Labute approximate surface area is 189 Å². The molecule has 0 aliphatic rings. The Morgan fingerprint density at radius 2 is 1.62 bits per heavy atom. The molecule has 1 N–H and O–H groups in total. The Kier molecular flexibility index (Phi) is 7.62. The summed E-state index contributed by atoms with van der Waals surface area (Å²) >= 11 is 1.23. The number of rotatable bonds is 9. The van der Waals surface area contributed by atoms with E-state index in [1.807, 2.05) is 12.1 Å². The first-order chi connectivity index (χ1) is 15.4. The van der Waals surface area contributed by atoms with Crippen LogP contribution in [0.25, 0.3) is 11.1 Å². The van der Waals surface area contributed by atoms with Crippen LogP contribution in [0.15, 0.2) is 53.9 Å². The van der Waals surface area contributed by atoms with Crippen molar-refractivity contribution in [2.45, 2.75) is 13.8 Å². The fourth-order valence-corrected chi connectivity index (χ4v) is 3.91. The number of methoxy groups -OCH3 is 1. The monoisotopic (exact) mass is 453 g/mol. The molecule has 166 valence electrons. The van der Waals surface area contributed by atoms with Gasteiger partial charge in [-0.2, -0.15) is 0 Å². The molecule has 7 nitrogen and oxygen atoms in total. The second-order valence-corrected chi connectivity index (χ2v) is 7.60. The highest BCUT2D eigenvalue weighted by Crippen LogP contribution is 2.36. The highest BCUT2D eigenvalue weighted by atomic mass is 32.1. The molecule has 0 fully saturated rings. The normalized spacial score (nSPS) is 10.3. The highest BCUT2D eigenvalue weighted by Gasteiger charge is 2.23. The van der Waals surface area contributed by atoms with Crippen LogP contribution >= 0.6 is 11.3 Å². The van der Waals surface area contributed by atoms with Gasteiger partial charge >= 0.3 is 5.97 Å². The maximum absolute atomic E-state index is 12.6. The van der Waals surface area contributed by atoms with E-state index in [9.17, 15) is 14.4 Å². The van der Waals surface area contributed by atoms with Gasteiger partial charge in [0.2, 0.25) is 0 Å². The van der Waals surface area contributed by atoms with Gasteiger partial charge in [-0.1, -0.05) is 12.1 Å². The summed E-state index contributed by atoms with van der Waals surface area (Å²) < 4.78 is 15.9. The van der Waals surface area contributed by atoms with Gasteiger partial charge in [-0.05, 0) is 55.8 Å². The molecule has 0 saturated carbocycles. The van der Waals surface area contributed by atoms with E-state index in [2.05, 4.69) is 5.32 Å². The van der Waals surface area contributed by atoms with Crippen molar-refractivity contribution in [2.24, 2.45) is 0 Å². The second kappa shape index (κ2) is 10.6. The van der Waals surface area contributed by atoms with Crippen molar-refractivity contribution in [2.75, 3.05) is 25.6 Å². The van der Waals surface area contributed by atoms with Crippen molar-refractivity contribution >= 4 is 34.0 Å². The summed E-state index contributed by atoms with van der Waals surface area (Å²) in [6, 6.07) is 13.8. The van der Waals surface area contributed by atoms with Crippen LogP contribution in [0.5, 0.6) is 11.5 Å². The predicted molar refractivity (Wildman–Crippen MR) is 123 cm³/mol. The summed E-state index contributed by atoms with van der Waals surface area (Å²) in [7, 11) is 1.58. The average Bonchev–Trinajstić information content (AvgIpc) is 3.21. The topological polar surface area (TPSA) is 90.9 Å². The zero-order chi connectivity index (χ0) is 23.1. The van der Waals surface area contributed by atoms with Gasteiger partial charge in [0.15, 0.2) is 12.4 Å². The van der Waals surface area contributed by atoms with E-state index in [-0.39, 0.29) is 19.0 Å². The summed E-state index contributed by atoms with van der Waals surface area (Å²) in [5.41, 5.74) is 2.31. The fraction of sp³-hybridized carbons (Fsp3) is 0.208. The highest BCUT2D eigenvalue weighted by molar-refractivity contribution is 7.15. The first-order valence-electron chi connectivity index (χ1n) is 9.89. The third-order valence-electron chi connectivity index (χ3n) is 4.56. The average molecular weight is 454 g/mol. The number of nitrogens with one attached hydrogen (secondary N) is 1. The molecule has 0 aliphatic carbocycles. The molecule has 0 saturated heterocycles. The number of ether oxygens (including phenoxy) is 3. The number of hydrogen-bond acceptors (Lipinski definition) is 7. The number of carbonyl (C=O) groups excluding carboxylic acids is 3. The number of thiophene rings is 1. The molecule has 3 aromatic rings. The summed E-state index contributed by atoms with van der Waals surface area (Å²) in [4.78, 5) is 36.5. The van der Waals surface area contributed by atoms with Gasteiger partial charge in [0.25, 0.3) is 5.91 Å².